The molecule has 1 saturated carbocycles. The number of anilines is 2. The Morgan fingerprint density at radius 1 is 1.24 bits per heavy atom. The van der Waals surface area contributed by atoms with Gasteiger partial charge < -0.3 is 21.1 Å². The number of carbonyl (C=O) groups excluding carboxylic acids is 1. The number of aliphatic hydroxyl groups is 1. The van der Waals surface area contributed by atoms with Gasteiger partial charge in [0.2, 0.25) is 11.7 Å². The fraction of sp³-hybridized carbons (Fsp3) is 0.440. The van der Waals surface area contributed by atoms with E-state index >= 15 is 4.39 Å². The summed E-state index contributed by atoms with van der Waals surface area (Å²) in [7, 11) is 0. The van der Waals surface area contributed by atoms with Crippen LogP contribution < -0.4 is 16.0 Å². The maximum Gasteiger partial charge on any atom is 0.231 e. The molecule has 0 bridgehead atoms. The molecule has 2 unspecified atom stereocenters. The summed E-state index contributed by atoms with van der Waals surface area (Å²) in [5.41, 5.74) is 6.28. The Labute approximate surface area is 213 Å². The van der Waals surface area contributed by atoms with Crippen LogP contribution in [0.2, 0.25) is 0 Å². The third-order valence-electron chi connectivity index (χ3n) is 6.89. The lowest BCUT2D eigenvalue weighted by atomic mass is 9.93. The van der Waals surface area contributed by atoms with Crippen LogP contribution in [0.25, 0.3) is 5.69 Å². The number of aliphatic hydroxyl groups excluding tert-OH is 1. The molecule has 5 rings (SSSR count). The van der Waals surface area contributed by atoms with Gasteiger partial charge in [0.15, 0.2) is 11.6 Å². The van der Waals surface area contributed by atoms with Gasteiger partial charge in [-0.05, 0) is 44.0 Å². The zero-order valence-electron chi connectivity index (χ0n) is 20.3. The predicted molar refractivity (Wildman–Crippen MR) is 133 cm³/mol. The molecule has 12 heteroatoms. The van der Waals surface area contributed by atoms with Crippen LogP contribution in [-0.2, 0) is 11.3 Å². The van der Waals surface area contributed by atoms with Gasteiger partial charge in [0.1, 0.15) is 12.1 Å². The highest BCUT2D eigenvalue weighted by molar-refractivity contribution is 5.75. The van der Waals surface area contributed by atoms with Gasteiger partial charge in [0.05, 0.1) is 18.3 Å². The van der Waals surface area contributed by atoms with Crippen LogP contribution >= 0.6 is 0 Å². The monoisotopic (exact) mass is 512 g/mol. The van der Waals surface area contributed by atoms with Crippen molar-refractivity contribution in [2.45, 2.75) is 38.0 Å². The lowest BCUT2D eigenvalue weighted by molar-refractivity contribution is -0.120. The molecule has 2 atom stereocenters. The van der Waals surface area contributed by atoms with Crippen LogP contribution in [0.3, 0.4) is 0 Å². The van der Waals surface area contributed by atoms with E-state index in [4.69, 9.17) is 5.73 Å². The van der Waals surface area contributed by atoms with Crippen LogP contribution in [0.4, 0.5) is 20.4 Å². The van der Waals surface area contributed by atoms with Crippen LogP contribution in [-0.4, -0.2) is 74.0 Å². The summed E-state index contributed by atoms with van der Waals surface area (Å²) in [6.45, 7) is 1.52. The van der Waals surface area contributed by atoms with Crippen molar-refractivity contribution in [3.63, 3.8) is 0 Å². The second-order valence-electron chi connectivity index (χ2n) is 9.64. The van der Waals surface area contributed by atoms with Gasteiger partial charge in [0, 0.05) is 49.6 Å². The van der Waals surface area contributed by atoms with Crippen molar-refractivity contribution in [2.75, 3.05) is 36.4 Å². The van der Waals surface area contributed by atoms with Gasteiger partial charge in [0.25, 0.3) is 0 Å². The largest absolute Gasteiger partial charge is 0.391 e. The van der Waals surface area contributed by atoms with E-state index in [0.717, 1.165) is 12.8 Å². The molecule has 196 valence electrons. The Hall–Kier alpha value is -3.64. The third-order valence-corrected chi connectivity index (χ3v) is 6.89. The number of nitrogens with zero attached hydrogens (tertiary/aromatic N) is 6. The van der Waals surface area contributed by atoms with Crippen molar-refractivity contribution in [2.24, 2.45) is 11.7 Å². The Morgan fingerprint density at radius 3 is 2.76 bits per heavy atom. The van der Waals surface area contributed by atoms with E-state index in [1.165, 1.54) is 12.4 Å². The normalized spacial score (nSPS) is 20.1. The molecule has 37 heavy (non-hydrogen) atoms. The van der Waals surface area contributed by atoms with E-state index in [1.807, 2.05) is 0 Å². The molecule has 3 aromatic rings. The summed E-state index contributed by atoms with van der Waals surface area (Å²) in [6.07, 6.45) is 6.34. The number of β-amino-alcohol motifs (C(OH)–C–C–N with tert-alkyl or cyclic N) is 1. The first kappa shape index (κ1) is 25.0. The lowest BCUT2D eigenvalue weighted by Crippen LogP contribution is -2.48. The standard InChI is InChI=1S/C25H30F2N8O2/c26-20-10-19(35-8-1-7-32-35)3-2-17(20)12-34(18-4-5-18)25-23(27)24(30-15-31-25)29-11-16-6-9-33(13-21(16)36)14-22(28)37/h1-3,7-8,10,15-16,18,21,36H,4-6,9,11-14H2,(H2,28,37)(H,29,30,31). The fourth-order valence-electron chi connectivity index (χ4n) is 4.73. The minimum absolute atomic E-state index is 0.0388. The van der Waals surface area contributed by atoms with Gasteiger partial charge in [-0.15, -0.1) is 0 Å². The molecule has 4 N–H and O–H groups in total. The summed E-state index contributed by atoms with van der Waals surface area (Å²) >= 11 is 0. The second kappa shape index (κ2) is 10.8. The minimum Gasteiger partial charge on any atom is -0.391 e. The van der Waals surface area contributed by atoms with Gasteiger partial charge in [-0.25, -0.2) is 19.0 Å². The maximum atomic E-state index is 15.6. The number of aromatic nitrogens is 4. The number of likely N-dealkylation sites (tertiary alicyclic amines) is 1. The molecule has 1 saturated heterocycles. The number of rotatable bonds is 10. The molecule has 1 aliphatic carbocycles. The number of benzene rings is 1. The fourth-order valence-corrected chi connectivity index (χ4v) is 4.73. The van der Waals surface area contributed by atoms with Gasteiger partial charge in [-0.2, -0.15) is 9.49 Å². The number of piperidine rings is 1. The first-order valence-corrected chi connectivity index (χ1v) is 12.4. The van der Waals surface area contributed by atoms with Crippen LogP contribution in [0.15, 0.2) is 43.0 Å². The van der Waals surface area contributed by atoms with Crippen molar-refractivity contribution >= 4 is 17.5 Å². The molecule has 2 aromatic heterocycles. The summed E-state index contributed by atoms with van der Waals surface area (Å²) in [5, 5.41) is 17.6. The quantitative estimate of drug-likeness (QED) is 0.375. The van der Waals surface area contributed by atoms with Crippen molar-refractivity contribution in [3.05, 3.63) is 60.2 Å². The molecule has 10 nitrogen and oxygen atoms in total. The summed E-state index contributed by atoms with van der Waals surface area (Å²) < 4.78 is 32.1. The van der Waals surface area contributed by atoms with E-state index in [0.29, 0.717) is 37.3 Å². The highest BCUT2D eigenvalue weighted by atomic mass is 19.1. The van der Waals surface area contributed by atoms with Gasteiger partial charge >= 0.3 is 0 Å². The number of carbonyl (C=O) groups is 1. The Bertz CT molecular complexity index is 1240. The number of nitrogens with two attached hydrogens (primary N) is 1. The third kappa shape index (κ3) is 5.86. The molecule has 3 heterocycles. The number of nitrogens with one attached hydrogen (secondary N) is 1. The zero-order valence-corrected chi connectivity index (χ0v) is 20.3. The average Bonchev–Trinajstić information content (AvgIpc) is 3.56. The van der Waals surface area contributed by atoms with Crippen LogP contribution in [0.1, 0.15) is 24.8 Å². The van der Waals surface area contributed by atoms with Crippen molar-refractivity contribution in [1.29, 1.82) is 0 Å². The first-order valence-electron chi connectivity index (χ1n) is 12.4. The highest BCUT2D eigenvalue weighted by Crippen LogP contribution is 2.35. The molecular formula is C25H30F2N8O2. The summed E-state index contributed by atoms with van der Waals surface area (Å²) in [4.78, 5) is 23.0. The summed E-state index contributed by atoms with van der Waals surface area (Å²) in [5.74, 6) is -1.42. The molecule has 1 aliphatic heterocycles. The molecule has 0 spiro atoms. The van der Waals surface area contributed by atoms with Crippen LogP contribution in [0.5, 0.6) is 0 Å². The van der Waals surface area contributed by atoms with Crippen molar-refractivity contribution in [3.8, 4) is 5.69 Å². The van der Waals surface area contributed by atoms with E-state index in [-0.39, 0.29) is 36.7 Å². The molecule has 2 fully saturated rings. The van der Waals surface area contributed by atoms with Gasteiger partial charge in [-0.1, -0.05) is 6.07 Å². The second-order valence-corrected chi connectivity index (χ2v) is 9.64. The first-order chi connectivity index (χ1) is 17.9. The minimum atomic E-state index is -0.680. The van der Waals surface area contributed by atoms with Crippen LogP contribution in [0, 0.1) is 17.6 Å². The van der Waals surface area contributed by atoms with Gasteiger partial charge in [-0.3, -0.25) is 9.69 Å². The number of hydrogen-bond acceptors (Lipinski definition) is 8. The summed E-state index contributed by atoms with van der Waals surface area (Å²) in [6, 6.07) is 6.71. The Morgan fingerprint density at radius 2 is 2.08 bits per heavy atom. The van der Waals surface area contributed by atoms with Crippen molar-refractivity contribution in [1.82, 2.24) is 24.6 Å². The number of hydrogen-bond donors (Lipinski definition) is 3. The SMILES string of the molecule is NC(=O)CN1CCC(CNc2ncnc(N(Cc3ccc(-n4cccn4)cc3F)C3CC3)c2F)C(O)C1. The molecule has 0 radical (unpaired) electrons. The predicted octanol–water partition coefficient (Wildman–Crippen LogP) is 1.69. The Kier molecular flexibility index (Phi) is 7.28. The molecule has 1 amide bonds. The van der Waals surface area contributed by atoms with E-state index < -0.39 is 23.6 Å². The lowest BCUT2D eigenvalue weighted by Gasteiger charge is -2.35. The van der Waals surface area contributed by atoms with E-state index in [2.05, 4.69) is 20.4 Å². The molecule has 2 aliphatic rings. The number of halogens is 2. The van der Waals surface area contributed by atoms with Crippen molar-refractivity contribution < 1.29 is 18.7 Å². The smallest absolute Gasteiger partial charge is 0.231 e. The average molecular weight is 513 g/mol. The molecule has 1 aromatic carbocycles. The Balaban J connectivity index is 1.27. The topological polar surface area (TPSA) is 125 Å². The van der Waals surface area contributed by atoms with E-state index in [1.54, 1.807) is 45.1 Å². The zero-order chi connectivity index (χ0) is 25.9. The number of amides is 1. The molecular weight excluding hydrogens is 482 g/mol. The number of primary amides is 1. The highest BCUT2D eigenvalue weighted by Gasteiger charge is 2.34. The van der Waals surface area contributed by atoms with E-state index in [9.17, 15) is 14.3 Å². The maximum absolute atomic E-state index is 15.6.